The van der Waals surface area contributed by atoms with Crippen molar-refractivity contribution in [1.82, 2.24) is 10.6 Å². The van der Waals surface area contributed by atoms with E-state index in [-0.39, 0.29) is 36.5 Å². The molecule has 0 spiro atoms. The molecule has 8 rings (SSSR count). The number of ether oxygens (including phenoxy) is 2. The van der Waals surface area contributed by atoms with Crippen LogP contribution in [0.15, 0.2) is 131 Å². The highest BCUT2D eigenvalue weighted by Gasteiger charge is 2.45. The molecule has 13 nitrogen and oxygen atoms in total. The fraction of sp³-hybridized carbons (Fsp3) is 0.435. The van der Waals surface area contributed by atoms with E-state index >= 15 is 0 Å². The van der Waals surface area contributed by atoms with Gasteiger partial charge in [-0.1, -0.05) is 26.0 Å². The maximum Gasteiger partial charge on any atom is 0.222 e. The highest BCUT2D eigenvalue weighted by molar-refractivity contribution is 14.1. The van der Waals surface area contributed by atoms with Gasteiger partial charge in [0.25, 0.3) is 0 Å². The zero-order chi connectivity index (χ0) is 42.7. The number of amides is 1. The van der Waals surface area contributed by atoms with Crippen LogP contribution in [0.25, 0.3) is 0 Å². The number of rotatable bonds is 10. The summed E-state index contributed by atoms with van der Waals surface area (Å²) in [6.07, 6.45) is 0.0961. The Balaban J connectivity index is 1.18. The minimum atomic E-state index is -1.61. The van der Waals surface area contributed by atoms with E-state index in [4.69, 9.17) is 24.5 Å². The molecule has 1 aromatic carbocycles. The van der Waals surface area contributed by atoms with Crippen LogP contribution in [0.2, 0.25) is 0 Å². The van der Waals surface area contributed by atoms with Gasteiger partial charge in [0.1, 0.15) is 30.2 Å². The van der Waals surface area contributed by atoms with E-state index in [0.717, 1.165) is 88.9 Å². The Kier molecular flexibility index (Phi) is 11.9. The Morgan fingerprint density at radius 2 is 1.77 bits per heavy atom. The average molecular weight is 927 g/mol. The number of aliphatic hydroxyl groups excluding tert-OH is 5. The summed E-state index contributed by atoms with van der Waals surface area (Å²) in [7, 11) is 0. The number of carbonyl (C=O) groups excluding carboxylic acids is 1. The molecule has 7 N–H and O–H groups in total. The van der Waals surface area contributed by atoms with Gasteiger partial charge < -0.3 is 45.6 Å². The molecule has 1 aromatic rings. The minimum Gasteiger partial charge on any atom is -0.511 e. The van der Waals surface area contributed by atoms with Crippen molar-refractivity contribution in [3.05, 3.63) is 125 Å². The van der Waals surface area contributed by atoms with Gasteiger partial charge in [-0.3, -0.25) is 4.79 Å². The molecule has 6 aliphatic heterocycles. The van der Waals surface area contributed by atoms with Crippen molar-refractivity contribution in [3.63, 3.8) is 0 Å². The Morgan fingerprint density at radius 3 is 2.50 bits per heavy atom. The first-order valence-electron chi connectivity index (χ1n) is 20.6. The molecule has 0 radical (unpaired) electrons. The Morgan fingerprint density at radius 1 is 1.02 bits per heavy atom. The molecule has 7 aliphatic rings. The second-order valence-corrected chi connectivity index (χ2v) is 17.7. The van der Waals surface area contributed by atoms with E-state index in [1.54, 1.807) is 0 Å². The van der Waals surface area contributed by atoms with Crippen molar-refractivity contribution in [2.45, 2.75) is 111 Å². The van der Waals surface area contributed by atoms with E-state index in [0.29, 0.717) is 24.3 Å². The van der Waals surface area contributed by atoms with Crippen molar-refractivity contribution in [2.24, 2.45) is 26.8 Å². The number of fused-ring (bicyclic) bond motifs is 5. The number of carbonyl (C=O) groups is 1. The molecule has 1 aliphatic carbocycles. The topological polar surface area (TPSA) is 198 Å². The zero-order valence-corrected chi connectivity index (χ0v) is 36.7. The van der Waals surface area contributed by atoms with Crippen LogP contribution in [-0.4, -0.2) is 91.9 Å². The van der Waals surface area contributed by atoms with Crippen LogP contribution in [-0.2, 0) is 20.9 Å². The molecule has 1 unspecified atom stereocenters. The van der Waals surface area contributed by atoms with Crippen molar-refractivity contribution >= 4 is 45.6 Å². The van der Waals surface area contributed by atoms with Gasteiger partial charge in [0.15, 0.2) is 6.23 Å². The summed E-state index contributed by atoms with van der Waals surface area (Å²) in [6, 6.07) is 8.27. The third-order valence-electron chi connectivity index (χ3n) is 12.8. The lowest BCUT2D eigenvalue weighted by Gasteiger charge is -2.40. The summed E-state index contributed by atoms with van der Waals surface area (Å²) in [5.74, 6) is -0.530. The number of hydrogen-bond acceptors (Lipinski definition) is 12. The van der Waals surface area contributed by atoms with Crippen molar-refractivity contribution < 1.29 is 39.8 Å². The molecule has 8 atom stereocenters. The predicted molar refractivity (Wildman–Crippen MR) is 237 cm³/mol. The van der Waals surface area contributed by atoms with Crippen LogP contribution in [0.1, 0.15) is 72.8 Å². The molecule has 60 heavy (non-hydrogen) atoms. The zero-order valence-electron chi connectivity index (χ0n) is 34.6. The van der Waals surface area contributed by atoms with E-state index < -0.39 is 43.2 Å². The summed E-state index contributed by atoms with van der Waals surface area (Å²) in [5.41, 5.74) is 14.1. The van der Waals surface area contributed by atoms with Gasteiger partial charge in [0.05, 0.1) is 53.5 Å². The highest BCUT2D eigenvalue weighted by atomic mass is 124. The first kappa shape index (κ1) is 42.4. The number of benzene rings is 1. The molecular formula is C46H52IN5O8. The monoisotopic (exact) mass is 926 g/mol. The third kappa shape index (κ3) is 7.65. The number of nitrogens with zero attached hydrogens (tertiary/aromatic N) is 3. The largest absolute Gasteiger partial charge is 0.511 e. The molecule has 2 saturated heterocycles. The lowest BCUT2D eigenvalue weighted by molar-refractivity contribution is -0.236. The fourth-order valence-electron chi connectivity index (χ4n) is 9.31. The van der Waals surface area contributed by atoms with Gasteiger partial charge in [-0.2, -0.15) is 0 Å². The van der Waals surface area contributed by atoms with Gasteiger partial charge >= 0.3 is 0 Å². The number of nitrogens with one attached hydrogen (secondary N) is 2. The third-order valence-corrected chi connectivity index (χ3v) is 13.4. The van der Waals surface area contributed by atoms with Gasteiger partial charge in [-0.25, -0.2) is 15.0 Å². The SMILES string of the molecule is CCC1=C(C)C2=NC1=CC1=C(C)C3=C(O)CC(=C4NC(=CC5=NC(=C2)C(C(C)OCc2cccc([124I])c2)=C5C)[C@@H](C)[C@@H]4CCC(=O)N[C@@H]2O[C@H](CO)[C@H](O)[C@H](O)[C@H]2O)C3=N1. The molecule has 0 aromatic heterocycles. The molecule has 1 amide bonds. The second kappa shape index (κ2) is 16.9. The van der Waals surface area contributed by atoms with Crippen LogP contribution >= 0.6 is 22.6 Å². The van der Waals surface area contributed by atoms with E-state index in [9.17, 15) is 30.3 Å². The first-order valence-corrected chi connectivity index (χ1v) is 21.7. The van der Waals surface area contributed by atoms with E-state index in [1.807, 2.05) is 19.1 Å². The Hall–Kier alpha value is -4.29. The number of halogens is 1. The Bertz CT molecular complexity index is 2390. The maximum atomic E-state index is 13.5. The normalized spacial score (nSPS) is 29.1. The molecule has 8 bridgehead atoms. The number of allylic oxidation sites excluding steroid dienone is 11. The maximum absolute atomic E-state index is 13.5. The van der Waals surface area contributed by atoms with Crippen molar-refractivity contribution in [1.29, 1.82) is 0 Å². The first-order chi connectivity index (χ1) is 28.7. The molecule has 6 heterocycles. The quantitative estimate of drug-likeness (QED) is 0.147. The summed E-state index contributed by atoms with van der Waals surface area (Å²) in [4.78, 5) is 29.1. The van der Waals surface area contributed by atoms with Crippen LogP contribution < -0.4 is 10.6 Å². The van der Waals surface area contributed by atoms with Crippen LogP contribution in [0, 0.1) is 15.4 Å². The number of aliphatic hydroxyl groups is 5. The summed E-state index contributed by atoms with van der Waals surface area (Å²) < 4.78 is 13.2. The van der Waals surface area contributed by atoms with Gasteiger partial charge in [-0.05, 0) is 121 Å². The average Bonchev–Trinajstić information content (AvgIpc) is 3.98. The second-order valence-electron chi connectivity index (χ2n) is 16.5. The lowest BCUT2D eigenvalue weighted by Crippen LogP contribution is -2.63. The Labute approximate surface area is 363 Å². The van der Waals surface area contributed by atoms with Gasteiger partial charge in [0.2, 0.25) is 5.91 Å². The summed E-state index contributed by atoms with van der Waals surface area (Å²) >= 11 is 2.31. The molecular weight excluding hydrogens is 874 g/mol. The summed E-state index contributed by atoms with van der Waals surface area (Å²) in [5, 5.41) is 58.6. The van der Waals surface area contributed by atoms with Crippen molar-refractivity contribution in [2.75, 3.05) is 6.61 Å². The minimum absolute atomic E-state index is 0.0287. The van der Waals surface area contributed by atoms with Crippen LogP contribution in [0.4, 0.5) is 0 Å². The van der Waals surface area contributed by atoms with E-state index in [1.165, 1.54) is 0 Å². The van der Waals surface area contributed by atoms with Crippen molar-refractivity contribution in [3.8, 4) is 0 Å². The van der Waals surface area contributed by atoms with Gasteiger partial charge in [-0.15, -0.1) is 0 Å². The predicted octanol–water partition coefficient (Wildman–Crippen LogP) is 5.56. The van der Waals surface area contributed by atoms with Crippen LogP contribution in [0.3, 0.4) is 0 Å². The molecule has 0 saturated carbocycles. The molecule has 14 heteroatoms. The lowest BCUT2D eigenvalue weighted by atomic mass is 9.86. The summed E-state index contributed by atoms with van der Waals surface area (Å²) in [6.45, 7) is 12.3. The van der Waals surface area contributed by atoms with Gasteiger partial charge in [0, 0.05) is 56.4 Å². The van der Waals surface area contributed by atoms with Crippen LogP contribution in [0.5, 0.6) is 0 Å². The number of hydrogen-bond donors (Lipinski definition) is 7. The number of aliphatic imine (C=N–C) groups is 3. The fourth-order valence-corrected chi connectivity index (χ4v) is 9.92. The smallest absolute Gasteiger partial charge is 0.222 e. The highest BCUT2D eigenvalue weighted by Crippen LogP contribution is 2.46. The van der Waals surface area contributed by atoms with E-state index in [2.05, 4.69) is 98.2 Å². The molecule has 316 valence electrons. The standard InChI is InChI=1S/C46H52IN5O8/c1-7-27-20(2)30-17-35-39(24(6)59-19-25-9-8-10-26(47)13-25)22(4)32(49-35)15-31-21(3)28(11-12-38(55)52-46-45(58)44(57)43(56)37(18-53)60-46)41(50-31)29-14-36(54)40-23(5)33(51-42(29)40)16-34(27)48-30/h8-10,13,15-17,21,24,28,37,43-46,50,53-54,56-58H,7,11-12,14,18-19H2,1-6H3,(H,52,55)/t21-,24?,28-,37+,43-,44-,45+,46+/m0/s1/i47-3. The molecule has 2 fully saturated rings.